The molecule has 0 aliphatic heterocycles. The Balaban J connectivity index is 3.18. The van der Waals surface area contributed by atoms with Gasteiger partial charge in [-0.2, -0.15) is 0 Å². The summed E-state index contributed by atoms with van der Waals surface area (Å²) >= 11 is 0. The lowest BCUT2D eigenvalue weighted by atomic mass is 10.1. The van der Waals surface area contributed by atoms with E-state index in [9.17, 15) is 4.79 Å². The Morgan fingerprint density at radius 3 is 1.93 bits per heavy atom. The maximum absolute atomic E-state index is 10.9. The van der Waals surface area contributed by atoms with Crippen LogP contribution in [-0.2, 0) is 0 Å². The normalized spacial score (nSPS) is 9.80. The van der Waals surface area contributed by atoms with E-state index in [1.54, 1.807) is 0 Å². The number of carbonyl (C=O) groups excluding carboxylic acids is 1. The summed E-state index contributed by atoms with van der Waals surface area (Å²) in [6.45, 7) is 6.79. The van der Waals surface area contributed by atoms with Crippen LogP contribution in [0.5, 0.6) is 11.5 Å². The Morgan fingerprint density at radius 1 is 1.13 bits per heavy atom. The van der Waals surface area contributed by atoms with Crippen molar-refractivity contribution in [2.45, 2.75) is 20.8 Å². The average Bonchev–Trinajstić information content (AvgIpc) is 2.18. The van der Waals surface area contributed by atoms with Crippen molar-refractivity contribution in [1.29, 1.82) is 0 Å². The molecule has 0 atom stereocenters. The molecule has 0 saturated carbocycles. The van der Waals surface area contributed by atoms with Gasteiger partial charge in [0.15, 0.2) is 6.29 Å². The van der Waals surface area contributed by atoms with E-state index in [-0.39, 0.29) is 0 Å². The van der Waals surface area contributed by atoms with Gasteiger partial charge < -0.3 is 9.47 Å². The zero-order valence-corrected chi connectivity index (χ0v) is 9.37. The standard InChI is InChI=1S/C12H16O3/c1-4-14-11-6-9(3)7-12(15-5-2)10(11)8-13/h6-8H,4-5H2,1-3H3. The van der Waals surface area contributed by atoms with Crippen molar-refractivity contribution in [3.63, 3.8) is 0 Å². The molecule has 0 fully saturated rings. The van der Waals surface area contributed by atoms with Crippen LogP contribution in [0.1, 0.15) is 29.8 Å². The molecule has 0 saturated heterocycles. The first-order valence-electron chi connectivity index (χ1n) is 5.08. The molecule has 0 aromatic heterocycles. The molecule has 1 aromatic carbocycles. The van der Waals surface area contributed by atoms with Gasteiger partial charge in [-0.05, 0) is 38.5 Å². The second-order valence-corrected chi connectivity index (χ2v) is 3.16. The summed E-state index contributed by atoms with van der Waals surface area (Å²) < 4.78 is 10.8. The molecule has 1 rings (SSSR count). The van der Waals surface area contributed by atoms with Gasteiger partial charge in [-0.1, -0.05) is 0 Å². The number of aldehydes is 1. The molecule has 0 aliphatic rings. The minimum absolute atomic E-state index is 0.490. The van der Waals surface area contributed by atoms with Crippen molar-refractivity contribution >= 4 is 6.29 Å². The molecule has 0 amide bonds. The first kappa shape index (κ1) is 11.6. The molecule has 0 radical (unpaired) electrons. The van der Waals surface area contributed by atoms with Gasteiger partial charge in [0.1, 0.15) is 11.5 Å². The number of hydrogen-bond donors (Lipinski definition) is 0. The molecule has 0 heterocycles. The highest BCUT2D eigenvalue weighted by Crippen LogP contribution is 2.29. The van der Waals surface area contributed by atoms with Crippen LogP contribution in [0.3, 0.4) is 0 Å². The topological polar surface area (TPSA) is 35.5 Å². The number of ether oxygens (including phenoxy) is 2. The predicted octanol–water partition coefficient (Wildman–Crippen LogP) is 2.60. The molecule has 0 spiro atoms. The maximum atomic E-state index is 10.9. The number of aryl methyl sites for hydroxylation is 1. The molecule has 82 valence electrons. The van der Waals surface area contributed by atoms with Gasteiger partial charge in [0.05, 0.1) is 18.8 Å². The van der Waals surface area contributed by atoms with Crippen LogP contribution in [0.4, 0.5) is 0 Å². The quantitative estimate of drug-likeness (QED) is 0.698. The summed E-state index contributed by atoms with van der Waals surface area (Å²) in [7, 11) is 0. The van der Waals surface area contributed by atoms with E-state index in [0.717, 1.165) is 11.8 Å². The lowest BCUT2D eigenvalue weighted by molar-refractivity contribution is 0.111. The van der Waals surface area contributed by atoms with Crippen LogP contribution >= 0.6 is 0 Å². The smallest absolute Gasteiger partial charge is 0.157 e. The zero-order valence-electron chi connectivity index (χ0n) is 9.37. The molecule has 3 heteroatoms. The highest BCUT2D eigenvalue weighted by atomic mass is 16.5. The average molecular weight is 208 g/mol. The fraction of sp³-hybridized carbons (Fsp3) is 0.417. The van der Waals surface area contributed by atoms with Crippen LogP contribution in [0, 0.1) is 6.92 Å². The van der Waals surface area contributed by atoms with Crippen molar-refractivity contribution in [3.05, 3.63) is 23.3 Å². The predicted molar refractivity (Wildman–Crippen MR) is 58.9 cm³/mol. The Bertz CT molecular complexity index is 318. The maximum Gasteiger partial charge on any atom is 0.157 e. The van der Waals surface area contributed by atoms with Crippen molar-refractivity contribution in [1.82, 2.24) is 0 Å². The van der Waals surface area contributed by atoms with Crippen LogP contribution < -0.4 is 9.47 Å². The summed E-state index contributed by atoms with van der Waals surface area (Å²) in [6.07, 6.45) is 0.773. The van der Waals surface area contributed by atoms with Crippen molar-refractivity contribution in [2.24, 2.45) is 0 Å². The Hall–Kier alpha value is -1.51. The Morgan fingerprint density at radius 2 is 1.60 bits per heavy atom. The fourth-order valence-corrected chi connectivity index (χ4v) is 1.40. The third-order valence-electron chi connectivity index (χ3n) is 1.97. The van der Waals surface area contributed by atoms with E-state index in [1.807, 2.05) is 32.9 Å². The molecular formula is C12H16O3. The number of benzene rings is 1. The summed E-state index contributed by atoms with van der Waals surface area (Å²) in [5, 5.41) is 0. The number of hydrogen-bond acceptors (Lipinski definition) is 3. The van der Waals surface area contributed by atoms with Gasteiger partial charge in [0.25, 0.3) is 0 Å². The van der Waals surface area contributed by atoms with Gasteiger partial charge >= 0.3 is 0 Å². The molecule has 0 unspecified atom stereocenters. The summed E-state index contributed by atoms with van der Waals surface area (Å²) in [4.78, 5) is 10.9. The van der Waals surface area contributed by atoms with Gasteiger partial charge in [0.2, 0.25) is 0 Å². The second kappa shape index (κ2) is 5.39. The number of rotatable bonds is 5. The molecule has 15 heavy (non-hydrogen) atoms. The third-order valence-corrected chi connectivity index (χ3v) is 1.97. The summed E-state index contributed by atoms with van der Waals surface area (Å²) in [6, 6.07) is 3.69. The molecule has 3 nitrogen and oxygen atoms in total. The van der Waals surface area contributed by atoms with E-state index in [0.29, 0.717) is 30.3 Å². The van der Waals surface area contributed by atoms with Gasteiger partial charge in [0, 0.05) is 0 Å². The van der Waals surface area contributed by atoms with E-state index in [4.69, 9.17) is 9.47 Å². The van der Waals surface area contributed by atoms with E-state index < -0.39 is 0 Å². The van der Waals surface area contributed by atoms with Crippen molar-refractivity contribution in [3.8, 4) is 11.5 Å². The first-order valence-corrected chi connectivity index (χ1v) is 5.08. The van der Waals surface area contributed by atoms with E-state index >= 15 is 0 Å². The SMILES string of the molecule is CCOc1cc(C)cc(OCC)c1C=O. The van der Waals surface area contributed by atoms with E-state index in [2.05, 4.69) is 0 Å². The lowest BCUT2D eigenvalue weighted by Gasteiger charge is -2.12. The fourth-order valence-electron chi connectivity index (χ4n) is 1.40. The molecule has 0 bridgehead atoms. The molecular weight excluding hydrogens is 192 g/mol. The summed E-state index contributed by atoms with van der Waals surface area (Å²) in [5.41, 5.74) is 1.51. The van der Waals surface area contributed by atoms with Gasteiger partial charge in [-0.3, -0.25) is 4.79 Å². The lowest BCUT2D eigenvalue weighted by Crippen LogP contribution is -2.01. The third kappa shape index (κ3) is 2.72. The first-order chi connectivity index (χ1) is 7.22. The zero-order chi connectivity index (χ0) is 11.3. The van der Waals surface area contributed by atoms with E-state index in [1.165, 1.54) is 0 Å². The van der Waals surface area contributed by atoms with Crippen LogP contribution in [0.25, 0.3) is 0 Å². The highest BCUT2D eigenvalue weighted by molar-refractivity contribution is 5.84. The van der Waals surface area contributed by atoms with Crippen molar-refractivity contribution < 1.29 is 14.3 Å². The largest absolute Gasteiger partial charge is 0.493 e. The molecule has 1 aromatic rings. The minimum Gasteiger partial charge on any atom is -0.493 e. The second-order valence-electron chi connectivity index (χ2n) is 3.16. The van der Waals surface area contributed by atoms with Gasteiger partial charge in [-0.25, -0.2) is 0 Å². The number of carbonyl (C=O) groups is 1. The van der Waals surface area contributed by atoms with Crippen LogP contribution in [0.15, 0.2) is 12.1 Å². The summed E-state index contributed by atoms with van der Waals surface area (Å²) in [5.74, 6) is 1.19. The monoisotopic (exact) mass is 208 g/mol. The minimum atomic E-state index is 0.490. The van der Waals surface area contributed by atoms with Crippen LogP contribution in [-0.4, -0.2) is 19.5 Å². The van der Waals surface area contributed by atoms with Crippen LogP contribution in [0.2, 0.25) is 0 Å². The molecule has 0 aliphatic carbocycles. The van der Waals surface area contributed by atoms with Crippen molar-refractivity contribution in [2.75, 3.05) is 13.2 Å². The molecule has 0 N–H and O–H groups in total. The Labute approximate surface area is 90.0 Å². The Kier molecular flexibility index (Phi) is 4.16. The van der Waals surface area contributed by atoms with Gasteiger partial charge in [-0.15, -0.1) is 0 Å². The highest BCUT2D eigenvalue weighted by Gasteiger charge is 2.10.